The Labute approximate surface area is 125 Å². The van der Waals surface area contributed by atoms with Crippen molar-refractivity contribution in [2.24, 2.45) is 0 Å². The second kappa shape index (κ2) is 5.61. The lowest BCUT2D eigenvalue weighted by molar-refractivity contribution is -0.248. The molecule has 0 fully saturated rings. The molecule has 0 bridgehead atoms. The summed E-state index contributed by atoms with van der Waals surface area (Å²) in [5, 5.41) is 10.3. The molecule has 1 atom stereocenters. The molecule has 2 nitrogen and oxygen atoms in total. The molecule has 0 aliphatic rings. The van der Waals surface area contributed by atoms with E-state index in [0.29, 0.717) is 5.69 Å². The number of nitrogens with zero attached hydrogens (tertiary/aromatic N) is 1. The number of alkyl halides is 3. The van der Waals surface area contributed by atoms with Gasteiger partial charge < -0.3 is 10.0 Å². The molecule has 2 aromatic carbocycles. The molecule has 0 heterocycles. The zero-order valence-electron chi connectivity index (χ0n) is 12.0. The van der Waals surface area contributed by atoms with Gasteiger partial charge in [-0.25, -0.2) is 4.39 Å². The van der Waals surface area contributed by atoms with E-state index in [1.807, 2.05) is 0 Å². The van der Waals surface area contributed by atoms with Crippen LogP contribution in [0.3, 0.4) is 0 Å². The van der Waals surface area contributed by atoms with Gasteiger partial charge in [-0.05, 0) is 35.4 Å². The van der Waals surface area contributed by atoms with Crippen LogP contribution in [0.4, 0.5) is 23.2 Å². The third-order valence-corrected chi connectivity index (χ3v) is 3.47. The fraction of sp³-hybridized carbons (Fsp3) is 0.250. The van der Waals surface area contributed by atoms with E-state index in [0.717, 1.165) is 24.3 Å². The van der Waals surface area contributed by atoms with Crippen molar-refractivity contribution in [1.29, 1.82) is 0 Å². The van der Waals surface area contributed by atoms with Crippen molar-refractivity contribution in [2.45, 2.75) is 11.8 Å². The monoisotopic (exact) mass is 313 g/mol. The summed E-state index contributed by atoms with van der Waals surface area (Å²) < 4.78 is 53.4. The van der Waals surface area contributed by atoms with Crippen molar-refractivity contribution in [2.75, 3.05) is 19.0 Å². The average molecular weight is 313 g/mol. The lowest BCUT2D eigenvalue weighted by atomic mass is 9.85. The van der Waals surface area contributed by atoms with Crippen molar-refractivity contribution in [1.82, 2.24) is 0 Å². The summed E-state index contributed by atoms with van der Waals surface area (Å²) >= 11 is 0. The second-order valence-corrected chi connectivity index (χ2v) is 5.16. The third-order valence-electron chi connectivity index (χ3n) is 3.47. The van der Waals surface area contributed by atoms with Gasteiger partial charge in [0.05, 0.1) is 0 Å². The molecule has 0 saturated carbocycles. The molecule has 0 radical (unpaired) electrons. The van der Waals surface area contributed by atoms with Crippen LogP contribution < -0.4 is 4.90 Å². The minimum Gasteiger partial charge on any atom is -0.378 e. The summed E-state index contributed by atoms with van der Waals surface area (Å²) in [6.45, 7) is 0. The highest BCUT2D eigenvalue weighted by atomic mass is 19.4. The Morgan fingerprint density at radius 1 is 0.818 bits per heavy atom. The Bertz CT molecular complexity index is 635. The first-order chi connectivity index (χ1) is 10.2. The Kier molecular flexibility index (Phi) is 4.15. The van der Waals surface area contributed by atoms with E-state index in [-0.39, 0.29) is 5.56 Å². The van der Waals surface area contributed by atoms with Crippen LogP contribution in [0.5, 0.6) is 0 Å². The Hall–Kier alpha value is -2.08. The zero-order chi connectivity index (χ0) is 16.5. The summed E-state index contributed by atoms with van der Waals surface area (Å²) in [6, 6.07) is 9.04. The van der Waals surface area contributed by atoms with E-state index in [4.69, 9.17) is 0 Å². The van der Waals surface area contributed by atoms with Gasteiger partial charge in [-0.3, -0.25) is 0 Å². The molecule has 0 aliphatic carbocycles. The highest BCUT2D eigenvalue weighted by Crippen LogP contribution is 2.44. The van der Waals surface area contributed by atoms with Gasteiger partial charge in [-0.2, -0.15) is 13.2 Å². The Balaban J connectivity index is 2.57. The van der Waals surface area contributed by atoms with Gasteiger partial charge in [-0.1, -0.05) is 24.3 Å². The molecule has 22 heavy (non-hydrogen) atoms. The summed E-state index contributed by atoms with van der Waals surface area (Å²) in [4.78, 5) is 1.73. The lowest BCUT2D eigenvalue weighted by Gasteiger charge is -2.31. The Morgan fingerprint density at radius 2 is 1.23 bits per heavy atom. The van der Waals surface area contributed by atoms with Crippen LogP contribution in [-0.2, 0) is 5.60 Å². The lowest BCUT2D eigenvalue weighted by Crippen LogP contribution is -2.43. The van der Waals surface area contributed by atoms with Crippen LogP contribution in [0, 0.1) is 5.82 Å². The fourth-order valence-corrected chi connectivity index (χ4v) is 2.19. The van der Waals surface area contributed by atoms with E-state index in [1.165, 1.54) is 24.3 Å². The number of rotatable bonds is 3. The maximum absolute atomic E-state index is 13.5. The molecule has 6 heteroatoms. The number of hydrogen-bond acceptors (Lipinski definition) is 2. The number of benzene rings is 2. The quantitative estimate of drug-likeness (QED) is 0.874. The summed E-state index contributed by atoms with van der Waals surface area (Å²) in [5.41, 5.74) is -3.24. The van der Waals surface area contributed by atoms with E-state index in [1.54, 1.807) is 19.0 Å². The molecule has 2 aromatic rings. The van der Waals surface area contributed by atoms with Gasteiger partial charge in [0.15, 0.2) is 0 Å². The summed E-state index contributed by atoms with van der Waals surface area (Å²) in [6.07, 6.45) is -4.94. The predicted octanol–water partition coefficient (Wildman–Crippen LogP) is 3.69. The highest BCUT2D eigenvalue weighted by Gasteiger charge is 2.56. The zero-order valence-corrected chi connectivity index (χ0v) is 12.0. The maximum Gasteiger partial charge on any atom is 0.425 e. The second-order valence-electron chi connectivity index (χ2n) is 5.16. The highest BCUT2D eigenvalue weighted by molar-refractivity contribution is 5.49. The SMILES string of the molecule is CN(C)c1ccc(C(O)(c2ccc(F)cc2)C(F)(F)F)cc1. The molecule has 1 unspecified atom stereocenters. The minimum absolute atomic E-state index is 0.322. The van der Waals surface area contributed by atoms with Crippen molar-refractivity contribution >= 4 is 5.69 Å². The molecule has 1 N–H and O–H groups in total. The van der Waals surface area contributed by atoms with Gasteiger partial charge in [-0.15, -0.1) is 0 Å². The summed E-state index contributed by atoms with van der Waals surface area (Å²) in [7, 11) is 3.51. The van der Waals surface area contributed by atoms with Crippen LogP contribution in [0.1, 0.15) is 11.1 Å². The van der Waals surface area contributed by atoms with Crippen LogP contribution in [0.25, 0.3) is 0 Å². The van der Waals surface area contributed by atoms with Crippen LogP contribution in [-0.4, -0.2) is 25.4 Å². The average Bonchev–Trinajstić information content (AvgIpc) is 2.46. The predicted molar refractivity (Wildman–Crippen MR) is 76.2 cm³/mol. The van der Waals surface area contributed by atoms with Crippen molar-refractivity contribution < 1.29 is 22.7 Å². The van der Waals surface area contributed by atoms with Gasteiger partial charge >= 0.3 is 6.18 Å². The van der Waals surface area contributed by atoms with E-state index in [2.05, 4.69) is 0 Å². The van der Waals surface area contributed by atoms with Gasteiger partial charge in [0, 0.05) is 19.8 Å². The molecule has 0 aromatic heterocycles. The van der Waals surface area contributed by atoms with Crippen molar-refractivity contribution in [3.63, 3.8) is 0 Å². The van der Waals surface area contributed by atoms with Crippen LogP contribution in [0.2, 0.25) is 0 Å². The van der Waals surface area contributed by atoms with Crippen molar-refractivity contribution in [3.05, 3.63) is 65.5 Å². The molecule has 2 rings (SSSR count). The number of aliphatic hydroxyl groups is 1. The fourth-order valence-electron chi connectivity index (χ4n) is 2.19. The molecular formula is C16H15F4NO. The van der Waals surface area contributed by atoms with Crippen LogP contribution in [0.15, 0.2) is 48.5 Å². The molecule has 0 saturated heterocycles. The molecule has 0 amide bonds. The molecule has 0 aliphatic heterocycles. The van der Waals surface area contributed by atoms with Crippen LogP contribution >= 0.6 is 0 Å². The van der Waals surface area contributed by atoms with Gasteiger partial charge in [0.1, 0.15) is 5.82 Å². The largest absolute Gasteiger partial charge is 0.425 e. The van der Waals surface area contributed by atoms with E-state index < -0.39 is 23.2 Å². The number of hydrogen-bond donors (Lipinski definition) is 1. The standard InChI is InChI=1S/C16H15F4NO/c1-21(2)14-9-5-12(6-10-14)15(22,16(18,19)20)11-3-7-13(17)8-4-11/h3-10,22H,1-2H3. The van der Waals surface area contributed by atoms with Gasteiger partial charge in [0.25, 0.3) is 0 Å². The molecule has 0 spiro atoms. The number of halogens is 4. The smallest absolute Gasteiger partial charge is 0.378 e. The first-order valence-corrected chi connectivity index (χ1v) is 6.49. The maximum atomic E-state index is 13.5. The van der Waals surface area contributed by atoms with Gasteiger partial charge in [0.2, 0.25) is 5.60 Å². The third kappa shape index (κ3) is 2.78. The normalized spacial score (nSPS) is 14.5. The van der Waals surface area contributed by atoms with E-state index >= 15 is 0 Å². The van der Waals surface area contributed by atoms with Crippen molar-refractivity contribution in [3.8, 4) is 0 Å². The topological polar surface area (TPSA) is 23.5 Å². The first kappa shape index (κ1) is 16.3. The Morgan fingerprint density at radius 3 is 1.59 bits per heavy atom. The molecule has 118 valence electrons. The first-order valence-electron chi connectivity index (χ1n) is 6.49. The van der Waals surface area contributed by atoms with E-state index in [9.17, 15) is 22.7 Å². The number of anilines is 1. The molecular weight excluding hydrogens is 298 g/mol. The summed E-state index contributed by atoms with van der Waals surface area (Å²) in [5.74, 6) is -0.670. The minimum atomic E-state index is -4.94.